The fourth-order valence-corrected chi connectivity index (χ4v) is 2.46. The van der Waals surface area contributed by atoms with Gasteiger partial charge in [-0.1, -0.05) is 11.6 Å². The van der Waals surface area contributed by atoms with E-state index < -0.39 is 13.4 Å². The number of fused-ring (bicyclic) bond motifs is 1. The maximum atomic E-state index is 11.9. The first kappa shape index (κ1) is 15.1. The summed E-state index contributed by atoms with van der Waals surface area (Å²) in [5.74, 6) is 0.189. The summed E-state index contributed by atoms with van der Waals surface area (Å²) in [7, 11) is -1.25. The molecule has 0 radical (unpaired) electrons. The van der Waals surface area contributed by atoms with Gasteiger partial charge in [0.15, 0.2) is 0 Å². The Labute approximate surface area is 119 Å². The predicted molar refractivity (Wildman–Crippen MR) is 74.5 cm³/mol. The minimum Gasteiger partial charge on any atom is -0.421 e. The summed E-state index contributed by atoms with van der Waals surface area (Å²) in [6.45, 7) is 1.71. The smallest absolute Gasteiger partial charge is 0.421 e. The van der Waals surface area contributed by atoms with Gasteiger partial charge in [0, 0.05) is 25.7 Å². The van der Waals surface area contributed by atoms with Crippen LogP contribution in [0, 0.1) is 6.92 Å². The normalized spacial score (nSPS) is 11.8. The average molecular weight is 319 g/mol. The van der Waals surface area contributed by atoms with Crippen LogP contribution < -0.4 is 10.1 Å². The van der Waals surface area contributed by atoms with Crippen molar-refractivity contribution in [3.63, 3.8) is 0 Å². The number of hydrogen-bond donors (Lipinski definition) is 0. The standard InChI is InChI=1S/C12H12ClO6P/c1-7-9-5-4-8(19-20(15,16-2)17-3)6-10(9)18-12(14)11(7)13/h4-6H,1-3H3. The number of phosphoric acid groups is 1. The molecule has 6 nitrogen and oxygen atoms in total. The SMILES string of the molecule is COP(=O)(OC)Oc1ccc2c(C)c(Cl)c(=O)oc2c1. The van der Waals surface area contributed by atoms with E-state index in [1.165, 1.54) is 20.3 Å². The Morgan fingerprint density at radius 1 is 1.25 bits per heavy atom. The molecule has 0 unspecified atom stereocenters. The van der Waals surface area contributed by atoms with E-state index in [1.807, 2.05) is 0 Å². The third kappa shape index (κ3) is 2.74. The topological polar surface area (TPSA) is 75.0 Å². The highest BCUT2D eigenvalue weighted by Gasteiger charge is 2.25. The molecule has 1 heterocycles. The molecule has 0 amide bonds. The molecule has 0 saturated heterocycles. The third-order valence-corrected chi connectivity index (χ3v) is 4.50. The summed E-state index contributed by atoms with van der Waals surface area (Å²) in [5.41, 5.74) is 0.231. The van der Waals surface area contributed by atoms with Crippen molar-refractivity contribution in [2.75, 3.05) is 14.2 Å². The van der Waals surface area contributed by atoms with Gasteiger partial charge in [-0.25, -0.2) is 9.36 Å². The van der Waals surface area contributed by atoms with Gasteiger partial charge in [-0.05, 0) is 24.6 Å². The number of phosphoric ester groups is 1. The molecule has 0 saturated carbocycles. The van der Waals surface area contributed by atoms with Gasteiger partial charge in [0.1, 0.15) is 16.4 Å². The minimum absolute atomic E-state index is 0.0330. The molecule has 0 aliphatic carbocycles. The van der Waals surface area contributed by atoms with E-state index in [9.17, 15) is 9.36 Å². The lowest BCUT2D eigenvalue weighted by molar-refractivity contribution is 0.211. The van der Waals surface area contributed by atoms with Gasteiger partial charge in [-0.15, -0.1) is 0 Å². The van der Waals surface area contributed by atoms with Gasteiger partial charge < -0.3 is 8.94 Å². The molecule has 1 aromatic heterocycles. The summed E-state index contributed by atoms with van der Waals surface area (Å²) in [4.78, 5) is 11.5. The zero-order valence-electron chi connectivity index (χ0n) is 11.0. The van der Waals surface area contributed by atoms with Crippen LogP contribution in [0.3, 0.4) is 0 Å². The zero-order chi connectivity index (χ0) is 14.9. The fourth-order valence-electron chi connectivity index (χ4n) is 1.65. The fraction of sp³-hybridized carbons (Fsp3) is 0.250. The van der Waals surface area contributed by atoms with Gasteiger partial charge in [0.2, 0.25) is 0 Å². The van der Waals surface area contributed by atoms with Crippen molar-refractivity contribution < 1.29 is 22.6 Å². The van der Waals surface area contributed by atoms with Crippen LogP contribution in [-0.2, 0) is 13.6 Å². The van der Waals surface area contributed by atoms with E-state index in [4.69, 9.17) is 20.5 Å². The van der Waals surface area contributed by atoms with Gasteiger partial charge in [-0.3, -0.25) is 9.05 Å². The maximum absolute atomic E-state index is 11.9. The highest BCUT2D eigenvalue weighted by Crippen LogP contribution is 2.48. The van der Waals surface area contributed by atoms with Crippen molar-refractivity contribution >= 4 is 30.4 Å². The molecule has 0 aliphatic heterocycles. The van der Waals surface area contributed by atoms with E-state index in [2.05, 4.69) is 9.05 Å². The molecule has 0 fully saturated rings. The lowest BCUT2D eigenvalue weighted by Gasteiger charge is -2.14. The molecule has 8 heteroatoms. The number of aryl methyl sites for hydroxylation is 1. The van der Waals surface area contributed by atoms with Gasteiger partial charge >= 0.3 is 13.4 Å². The second kappa shape index (κ2) is 5.58. The van der Waals surface area contributed by atoms with Crippen LogP contribution in [0.25, 0.3) is 11.0 Å². The molecule has 2 aromatic rings. The largest absolute Gasteiger partial charge is 0.529 e. The lowest BCUT2D eigenvalue weighted by atomic mass is 10.1. The molecule has 0 bridgehead atoms. The Bertz CT molecular complexity index is 745. The Kier molecular flexibility index (Phi) is 4.20. The monoisotopic (exact) mass is 318 g/mol. The molecule has 1 aromatic carbocycles. The van der Waals surface area contributed by atoms with Crippen LogP contribution in [0.5, 0.6) is 5.75 Å². The highest BCUT2D eigenvalue weighted by atomic mass is 35.5. The third-order valence-electron chi connectivity index (χ3n) is 2.73. The average Bonchev–Trinajstić information content (AvgIpc) is 2.44. The van der Waals surface area contributed by atoms with E-state index in [0.717, 1.165) is 0 Å². The molecular weight excluding hydrogens is 307 g/mol. The highest BCUT2D eigenvalue weighted by molar-refractivity contribution is 7.48. The molecule has 0 atom stereocenters. The molecule has 0 aliphatic rings. The summed E-state index contributed by atoms with van der Waals surface area (Å²) in [6.07, 6.45) is 0. The first-order chi connectivity index (χ1) is 9.40. The van der Waals surface area contributed by atoms with Crippen LogP contribution in [0.4, 0.5) is 0 Å². The second-order valence-corrected chi connectivity index (χ2v) is 6.08. The Balaban J connectivity index is 2.53. The van der Waals surface area contributed by atoms with Crippen molar-refractivity contribution in [1.82, 2.24) is 0 Å². The summed E-state index contributed by atoms with van der Waals surface area (Å²) in [6, 6.07) is 4.62. The Hall–Kier alpha value is -1.33. The predicted octanol–water partition coefficient (Wildman–Crippen LogP) is 3.53. The van der Waals surface area contributed by atoms with Crippen LogP contribution >= 0.6 is 19.4 Å². The number of hydrogen-bond acceptors (Lipinski definition) is 6. The van der Waals surface area contributed by atoms with Crippen LogP contribution in [0.1, 0.15) is 5.56 Å². The zero-order valence-corrected chi connectivity index (χ0v) is 12.7. The Morgan fingerprint density at radius 3 is 2.50 bits per heavy atom. The summed E-state index contributed by atoms with van der Waals surface area (Å²) >= 11 is 5.83. The molecular formula is C12H12ClO6P. The molecule has 2 rings (SSSR count). The van der Waals surface area contributed by atoms with Crippen molar-refractivity contribution in [2.45, 2.75) is 6.92 Å². The number of benzene rings is 1. The van der Waals surface area contributed by atoms with E-state index in [-0.39, 0.29) is 16.4 Å². The van der Waals surface area contributed by atoms with Crippen molar-refractivity contribution in [3.05, 3.63) is 39.2 Å². The first-order valence-corrected chi connectivity index (χ1v) is 7.38. The van der Waals surface area contributed by atoms with E-state index >= 15 is 0 Å². The first-order valence-electron chi connectivity index (χ1n) is 5.54. The molecule has 108 valence electrons. The van der Waals surface area contributed by atoms with E-state index in [1.54, 1.807) is 19.1 Å². The minimum atomic E-state index is -3.66. The van der Waals surface area contributed by atoms with Gasteiger partial charge in [0.25, 0.3) is 0 Å². The lowest BCUT2D eigenvalue weighted by Crippen LogP contribution is -2.02. The molecule has 20 heavy (non-hydrogen) atoms. The number of rotatable bonds is 4. The van der Waals surface area contributed by atoms with Gasteiger partial charge in [0.05, 0.1) is 0 Å². The van der Waals surface area contributed by atoms with Crippen LogP contribution in [-0.4, -0.2) is 14.2 Å². The second-order valence-electron chi connectivity index (χ2n) is 3.89. The summed E-state index contributed by atoms with van der Waals surface area (Å²) in [5, 5.41) is 0.692. The van der Waals surface area contributed by atoms with Crippen LogP contribution in [0.2, 0.25) is 5.02 Å². The quantitative estimate of drug-likeness (QED) is 0.634. The van der Waals surface area contributed by atoms with E-state index in [0.29, 0.717) is 10.9 Å². The van der Waals surface area contributed by atoms with Gasteiger partial charge in [-0.2, -0.15) is 0 Å². The number of halogens is 1. The Morgan fingerprint density at radius 2 is 1.90 bits per heavy atom. The van der Waals surface area contributed by atoms with Crippen molar-refractivity contribution in [2.24, 2.45) is 0 Å². The maximum Gasteiger partial charge on any atom is 0.529 e. The van der Waals surface area contributed by atoms with Crippen molar-refractivity contribution in [3.8, 4) is 5.75 Å². The van der Waals surface area contributed by atoms with Crippen LogP contribution in [0.15, 0.2) is 27.4 Å². The molecule has 0 spiro atoms. The summed E-state index contributed by atoms with van der Waals surface area (Å²) < 4.78 is 31.4. The molecule has 0 N–H and O–H groups in total. The van der Waals surface area contributed by atoms with Crippen molar-refractivity contribution in [1.29, 1.82) is 0 Å².